The Morgan fingerprint density at radius 2 is 2.07 bits per heavy atom. The number of hydrogen-bond donors (Lipinski definition) is 0. The second kappa shape index (κ2) is 4.14. The van der Waals surface area contributed by atoms with E-state index in [1.54, 1.807) is 0 Å². The summed E-state index contributed by atoms with van der Waals surface area (Å²) in [5, 5.41) is 8.54. The average Bonchev–Trinajstić information content (AvgIpc) is 2.16. The fourth-order valence-corrected chi connectivity index (χ4v) is 1.27. The van der Waals surface area contributed by atoms with Gasteiger partial charge in [0.1, 0.15) is 0 Å². The van der Waals surface area contributed by atoms with Crippen molar-refractivity contribution in [2.75, 3.05) is 7.11 Å². The van der Waals surface area contributed by atoms with E-state index >= 15 is 0 Å². The van der Waals surface area contributed by atoms with Crippen molar-refractivity contribution in [3.63, 3.8) is 0 Å². The van der Waals surface area contributed by atoms with Gasteiger partial charge in [0.2, 0.25) is 0 Å². The van der Waals surface area contributed by atoms with Gasteiger partial charge < -0.3 is 8.92 Å². The van der Waals surface area contributed by atoms with Gasteiger partial charge in [0.05, 0.1) is 18.7 Å². The Hall–Kier alpha value is -1.81. The second-order valence-corrected chi connectivity index (χ2v) is 3.41. The van der Waals surface area contributed by atoms with E-state index in [0.29, 0.717) is 0 Å². The summed E-state index contributed by atoms with van der Waals surface area (Å²) in [5.41, 5.74) is 0.246. The highest BCUT2D eigenvalue weighted by Gasteiger charge is 2.14. The summed E-state index contributed by atoms with van der Waals surface area (Å²) in [5.74, 6) is -0.339. The molecule has 0 unspecified atom stereocenters. The molecule has 0 radical (unpaired) electrons. The van der Waals surface area contributed by atoms with Crippen LogP contribution in [0.2, 0.25) is 0 Å². The zero-order valence-corrected chi connectivity index (χ0v) is 8.41. The lowest BCUT2D eigenvalue weighted by Gasteiger charge is -2.06. The van der Waals surface area contributed by atoms with Crippen LogP contribution in [0.15, 0.2) is 18.2 Å². The van der Waals surface area contributed by atoms with E-state index in [0.717, 1.165) is 6.07 Å². The largest absolute Gasteiger partial charge is 0.493 e. The Morgan fingerprint density at radius 3 is 2.53 bits per heavy atom. The topological polar surface area (TPSA) is 76.4 Å². The van der Waals surface area contributed by atoms with Crippen LogP contribution in [0.5, 0.6) is 11.5 Å². The molecule has 1 aromatic rings. The van der Waals surface area contributed by atoms with Gasteiger partial charge in [0, 0.05) is 6.07 Å². The van der Waals surface area contributed by atoms with Crippen molar-refractivity contribution < 1.29 is 21.2 Å². The molecule has 0 atom stereocenters. The van der Waals surface area contributed by atoms with Gasteiger partial charge >= 0.3 is 10.5 Å². The average molecular weight is 231 g/mol. The maximum Gasteiger partial charge on any atom is 0.488 e. The molecule has 15 heavy (non-hydrogen) atoms. The van der Waals surface area contributed by atoms with Crippen molar-refractivity contribution in [1.29, 1.82) is 5.26 Å². The molecule has 0 amide bonds. The normalized spacial score (nSPS) is 10.5. The summed E-state index contributed by atoms with van der Waals surface area (Å²) < 4.78 is 41.4. The number of hydrogen-bond acceptors (Lipinski definition) is 5. The lowest BCUT2D eigenvalue weighted by Crippen LogP contribution is -2.02. The minimum Gasteiger partial charge on any atom is -0.493 e. The van der Waals surface area contributed by atoms with Crippen LogP contribution in [0.25, 0.3) is 0 Å². The summed E-state index contributed by atoms with van der Waals surface area (Å²) in [6, 6.07) is 5.46. The molecule has 0 saturated carbocycles. The molecule has 0 aliphatic carbocycles. The third-order valence-corrected chi connectivity index (χ3v) is 1.86. The smallest absolute Gasteiger partial charge is 0.488 e. The molecule has 0 bridgehead atoms. The quantitative estimate of drug-likeness (QED) is 0.729. The first-order valence-electron chi connectivity index (χ1n) is 3.68. The predicted octanol–water partition coefficient (Wildman–Crippen LogP) is 1.16. The third kappa shape index (κ3) is 3.11. The Labute approximate surface area is 86.1 Å². The van der Waals surface area contributed by atoms with Crippen molar-refractivity contribution in [1.82, 2.24) is 0 Å². The van der Waals surface area contributed by atoms with Crippen LogP contribution in [-0.2, 0) is 10.5 Å². The van der Waals surface area contributed by atoms with E-state index in [9.17, 15) is 12.3 Å². The predicted molar refractivity (Wildman–Crippen MR) is 48.4 cm³/mol. The first-order valence-corrected chi connectivity index (χ1v) is 4.99. The molecule has 1 aromatic carbocycles. The van der Waals surface area contributed by atoms with Crippen LogP contribution < -0.4 is 8.92 Å². The highest BCUT2D eigenvalue weighted by atomic mass is 32.3. The standard InChI is InChI=1S/C8H6FNO4S/c1-13-8-4-6(5-10)2-3-7(8)14-15(9,11)12/h2-4H,1H3. The van der Waals surface area contributed by atoms with Gasteiger partial charge in [0.15, 0.2) is 11.5 Å². The molecular weight excluding hydrogens is 225 g/mol. The molecule has 5 nitrogen and oxygen atoms in total. The molecule has 0 heterocycles. The molecule has 0 aliphatic heterocycles. The fourth-order valence-electron chi connectivity index (χ4n) is 0.913. The first kappa shape index (κ1) is 11.3. The number of benzene rings is 1. The van der Waals surface area contributed by atoms with Gasteiger partial charge in [-0.05, 0) is 12.1 Å². The number of nitriles is 1. The lowest BCUT2D eigenvalue weighted by molar-refractivity contribution is 0.381. The Kier molecular flexibility index (Phi) is 3.11. The maximum atomic E-state index is 12.2. The lowest BCUT2D eigenvalue weighted by atomic mass is 10.2. The van der Waals surface area contributed by atoms with E-state index < -0.39 is 10.5 Å². The van der Waals surface area contributed by atoms with Crippen LogP contribution in [0, 0.1) is 11.3 Å². The molecule has 0 saturated heterocycles. The number of methoxy groups -OCH3 is 1. The van der Waals surface area contributed by atoms with Crippen LogP contribution in [0.4, 0.5) is 3.89 Å². The van der Waals surface area contributed by atoms with Crippen LogP contribution in [0.1, 0.15) is 5.56 Å². The summed E-state index contributed by atoms with van der Waals surface area (Å²) >= 11 is 0. The minimum absolute atomic E-state index is 0.0322. The van der Waals surface area contributed by atoms with Gasteiger partial charge in [0.25, 0.3) is 0 Å². The summed E-state index contributed by atoms with van der Waals surface area (Å²) in [7, 11) is -3.85. The van der Waals surface area contributed by atoms with Crippen molar-refractivity contribution in [3.05, 3.63) is 23.8 Å². The second-order valence-electron chi connectivity index (χ2n) is 2.45. The van der Waals surface area contributed by atoms with Gasteiger partial charge in [-0.2, -0.15) is 13.7 Å². The monoisotopic (exact) mass is 231 g/mol. The molecule has 0 N–H and O–H groups in total. The number of rotatable bonds is 3. The van der Waals surface area contributed by atoms with Gasteiger partial charge in [-0.25, -0.2) is 0 Å². The molecule has 0 spiro atoms. The molecule has 0 aliphatic rings. The summed E-state index contributed by atoms with van der Waals surface area (Å²) in [6.45, 7) is 0. The Balaban J connectivity index is 3.15. The zero-order chi connectivity index (χ0) is 11.5. The molecule has 1 rings (SSSR count). The van der Waals surface area contributed by atoms with E-state index in [4.69, 9.17) is 10.00 Å². The molecular formula is C8H6FNO4S. The van der Waals surface area contributed by atoms with Crippen LogP contribution >= 0.6 is 0 Å². The van der Waals surface area contributed by atoms with Crippen molar-refractivity contribution in [2.45, 2.75) is 0 Å². The van der Waals surface area contributed by atoms with Gasteiger partial charge in [-0.3, -0.25) is 0 Å². The minimum atomic E-state index is -5.09. The van der Waals surface area contributed by atoms with Crippen molar-refractivity contribution in [3.8, 4) is 17.6 Å². The molecule has 0 fully saturated rings. The summed E-state index contributed by atoms with van der Waals surface area (Å²) in [4.78, 5) is 0. The number of ether oxygens (including phenoxy) is 1. The van der Waals surface area contributed by atoms with Gasteiger partial charge in [-0.15, -0.1) is 0 Å². The Morgan fingerprint density at radius 1 is 1.40 bits per heavy atom. The zero-order valence-electron chi connectivity index (χ0n) is 7.60. The van der Waals surface area contributed by atoms with E-state index in [1.165, 1.54) is 19.2 Å². The Bertz CT molecular complexity index is 506. The summed E-state index contributed by atoms with van der Waals surface area (Å²) in [6.07, 6.45) is 0. The van der Waals surface area contributed by atoms with E-state index in [1.807, 2.05) is 6.07 Å². The molecule has 0 aromatic heterocycles. The number of halogens is 1. The van der Waals surface area contributed by atoms with E-state index in [2.05, 4.69) is 4.18 Å². The van der Waals surface area contributed by atoms with Crippen molar-refractivity contribution >= 4 is 10.5 Å². The first-order chi connectivity index (χ1) is 6.96. The highest BCUT2D eigenvalue weighted by Crippen LogP contribution is 2.29. The highest BCUT2D eigenvalue weighted by molar-refractivity contribution is 7.81. The fraction of sp³-hybridized carbons (Fsp3) is 0.125. The third-order valence-electron chi connectivity index (χ3n) is 1.48. The van der Waals surface area contributed by atoms with Crippen LogP contribution in [-0.4, -0.2) is 15.5 Å². The van der Waals surface area contributed by atoms with E-state index in [-0.39, 0.29) is 17.1 Å². The molecule has 80 valence electrons. The number of nitrogens with zero attached hydrogens (tertiary/aromatic N) is 1. The maximum absolute atomic E-state index is 12.2. The van der Waals surface area contributed by atoms with Gasteiger partial charge in [-0.1, -0.05) is 3.89 Å². The van der Waals surface area contributed by atoms with Crippen LogP contribution in [0.3, 0.4) is 0 Å². The van der Waals surface area contributed by atoms with Crippen molar-refractivity contribution in [2.24, 2.45) is 0 Å². The SMILES string of the molecule is COc1cc(C#N)ccc1OS(=O)(=O)F. The molecule has 7 heteroatoms.